The number of hydrogen-bond acceptors (Lipinski definition) is 3. The van der Waals surface area contributed by atoms with E-state index in [9.17, 15) is 0 Å². The molecule has 0 aliphatic heterocycles. The standard InChI is InChI=1S/C19H20N4/c1-14-7-9-18(10-8-14)23-15(2)12-17(16(23)3)13-21-22-19-6-4-5-11-20-19/h4-13H,1-3H3,(H,20,22). The highest BCUT2D eigenvalue weighted by Gasteiger charge is 2.09. The predicted octanol–water partition coefficient (Wildman–Crippen LogP) is 4.24. The van der Waals surface area contributed by atoms with Crippen LogP contribution in [0.15, 0.2) is 59.8 Å². The van der Waals surface area contributed by atoms with Gasteiger partial charge in [0.2, 0.25) is 0 Å². The molecule has 3 aromatic rings. The number of aromatic nitrogens is 2. The molecule has 1 N–H and O–H groups in total. The first kappa shape index (κ1) is 15.0. The SMILES string of the molecule is Cc1ccc(-n2c(C)cc(C=NNc3ccccn3)c2C)cc1. The second-order valence-corrected chi connectivity index (χ2v) is 5.58. The molecular weight excluding hydrogens is 284 g/mol. The topological polar surface area (TPSA) is 42.2 Å². The van der Waals surface area contributed by atoms with Crippen molar-refractivity contribution in [2.45, 2.75) is 20.8 Å². The molecule has 2 aromatic heterocycles. The summed E-state index contributed by atoms with van der Waals surface area (Å²) < 4.78 is 2.24. The molecule has 0 spiro atoms. The van der Waals surface area contributed by atoms with Gasteiger partial charge in [0.05, 0.1) is 6.21 Å². The average molecular weight is 304 g/mol. The van der Waals surface area contributed by atoms with Crippen molar-refractivity contribution in [3.8, 4) is 5.69 Å². The van der Waals surface area contributed by atoms with Crippen LogP contribution in [-0.2, 0) is 0 Å². The predicted molar refractivity (Wildman–Crippen MR) is 95.4 cm³/mol. The first-order valence-electron chi connectivity index (χ1n) is 7.61. The van der Waals surface area contributed by atoms with Crippen LogP contribution in [0.25, 0.3) is 5.69 Å². The van der Waals surface area contributed by atoms with Gasteiger partial charge >= 0.3 is 0 Å². The summed E-state index contributed by atoms with van der Waals surface area (Å²) in [5.74, 6) is 0.732. The van der Waals surface area contributed by atoms with Crippen molar-refractivity contribution in [2.75, 3.05) is 5.43 Å². The Labute approximate surface area is 136 Å². The molecule has 0 atom stereocenters. The van der Waals surface area contributed by atoms with Crippen LogP contribution in [0.5, 0.6) is 0 Å². The van der Waals surface area contributed by atoms with Crippen LogP contribution in [0.2, 0.25) is 0 Å². The highest BCUT2D eigenvalue weighted by Crippen LogP contribution is 2.20. The first-order valence-corrected chi connectivity index (χ1v) is 7.61. The van der Waals surface area contributed by atoms with E-state index in [1.54, 1.807) is 6.20 Å². The maximum atomic E-state index is 4.28. The second kappa shape index (κ2) is 6.48. The smallest absolute Gasteiger partial charge is 0.146 e. The van der Waals surface area contributed by atoms with Crippen LogP contribution in [-0.4, -0.2) is 15.8 Å². The van der Waals surface area contributed by atoms with Crippen LogP contribution >= 0.6 is 0 Å². The van der Waals surface area contributed by atoms with Gasteiger partial charge in [-0.1, -0.05) is 23.8 Å². The summed E-state index contributed by atoms with van der Waals surface area (Å²) in [6.07, 6.45) is 3.57. The summed E-state index contributed by atoms with van der Waals surface area (Å²) in [5.41, 5.74) is 8.82. The van der Waals surface area contributed by atoms with Gasteiger partial charge in [-0.15, -0.1) is 0 Å². The highest BCUT2D eigenvalue weighted by atomic mass is 15.3. The zero-order valence-electron chi connectivity index (χ0n) is 13.6. The van der Waals surface area contributed by atoms with Crippen molar-refractivity contribution in [1.82, 2.24) is 9.55 Å². The molecule has 4 heteroatoms. The Morgan fingerprint density at radius 3 is 2.52 bits per heavy atom. The summed E-state index contributed by atoms with van der Waals surface area (Å²) in [6.45, 7) is 6.31. The molecule has 116 valence electrons. The van der Waals surface area contributed by atoms with Crippen LogP contribution in [0.3, 0.4) is 0 Å². The van der Waals surface area contributed by atoms with Crippen LogP contribution in [0, 0.1) is 20.8 Å². The second-order valence-electron chi connectivity index (χ2n) is 5.58. The van der Waals surface area contributed by atoms with Gasteiger partial charge in [0.15, 0.2) is 0 Å². The number of rotatable bonds is 4. The largest absolute Gasteiger partial charge is 0.318 e. The molecule has 0 aliphatic rings. The van der Waals surface area contributed by atoms with Crippen molar-refractivity contribution in [1.29, 1.82) is 0 Å². The van der Waals surface area contributed by atoms with Crippen LogP contribution < -0.4 is 5.43 Å². The molecule has 0 radical (unpaired) electrons. The number of pyridine rings is 1. The normalized spacial score (nSPS) is 11.1. The molecule has 0 saturated carbocycles. The van der Waals surface area contributed by atoms with Gasteiger partial charge in [-0.05, 0) is 51.1 Å². The number of hydrogen-bond donors (Lipinski definition) is 1. The third-order valence-electron chi connectivity index (χ3n) is 3.81. The molecule has 0 saturated heterocycles. The molecule has 0 bridgehead atoms. The molecule has 1 aromatic carbocycles. The number of nitrogens with zero attached hydrogens (tertiary/aromatic N) is 3. The van der Waals surface area contributed by atoms with E-state index < -0.39 is 0 Å². The van der Waals surface area contributed by atoms with E-state index in [2.05, 4.69) is 71.2 Å². The number of nitrogens with one attached hydrogen (secondary N) is 1. The van der Waals surface area contributed by atoms with E-state index >= 15 is 0 Å². The van der Waals surface area contributed by atoms with Crippen LogP contribution in [0.1, 0.15) is 22.5 Å². The molecule has 2 heterocycles. The summed E-state index contributed by atoms with van der Waals surface area (Å²) in [4.78, 5) is 4.18. The van der Waals surface area contributed by atoms with Crippen molar-refractivity contribution in [2.24, 2.45) is 5.10 Å². The minimum absolute atomic E-state index is 0.732. The number of benzene rings is 1. The lowest BCUT2D eigenvalue weighted by molar-refractivity contribution is 0.964. The van der Waals surface area contributed by atoms with E-state index in [4.69, 9.17) is 0 Å². The third kappa shape index (κ3) is 3.31. The van der Waals surface area contributed by atoms with E-state index in [-0.39, 0.29) is 0 Å². The Hall–Kier alpha value is -2.88. The summed E-state index contributed by atoms with van der Waals surface area (Å²) in [5, 5.41) is 4.28. The van der Waals surface area contributed by atoms with Gasteiger partial charge < -0.3 is 4.57 Å². The number of anilines is 1. The van der Waals surface area contributed by atoms with Gasteiger partial charge in [0.1, 0.15) is 5.82 Å². The lowest BCUT2D eigenvalue weighted by Crippen LogP contribution is -2.00. The first-order chi connectivity index (χ1) is 11.1. The molecular formula is C19H20N4. The van der Waals surface area contributed by atoms with E-state index in [1.165, 1.54) is 16.9 Å². The van der Waals surface area contributed by atoms with Gasteiger partial charge in [-0.3, -0.25) is 5.43 Å². The quantitative estimate of drug-likeness (QED) is 0.578. The fraction of sp³-hybridized carbons (Fsp3) is 0.158. The average Bonchev–Trinajstić information content (AvgIpc) is 2.84. The monoisotopic (exact) mass is 304 g/mol. The van der Waals surface area contributed by atoms with Gasteiger partial charge in [0.25, 0.3) is 0 Å². The van der Waals surface area contributed by atoms with Crippen molar-refractivity contribution >= 4 is 12.0 Å². The summed E-state index contributed by atoms with van der Waals surface area (Å²) >= 11 is 0. The third-order valence-corrected chi connectivity index (χ3v) is 3.81. The Balaban J connectivity index is 1.84. The Bertz CT molecular complexity index is 815. The molecule has 23 heavy (non-hydrogen) atoms. The molecule has 0 fully saturated rings. The maximum absolute atomic E-state index is 4.28. The molecule has 0 unspecified atom stereocenters. The maximum Gasteiger partial charge on any atom is 0.146 e. The van der Waals surface area contributed by atoms with Crippen molar-refractivity contribution < 1.29 is 0 Å². The minimum atomic E-state index is 0.732. The van der Waals surface area contributed by atoms with Gasteiger partial charge in [-0.25, -0.2) is 4.98 Å². The van der Waals surface area contributed by atoms with Crippen molar-refractivity contribution in [3.63, 3.8) is 0 Å². The zero-order valence-corrected chi connectivity index (χ0v) is 13.6. The Morgan fingerprint density at radius 2 is 1.83 bits per heavy atom. The number of aryl methyl sites for hydroxylation is 2. The lowest BCUT2D eigenvalue weighted by Gasteiger charge is -2.09. The molecule has 3 rings (SSSR count). The number of hydrazone groups is 1. The summed E-state index contributed by atoms with van der Waals surface area (Å²) in [6, 6.07) is 16.4. The fourth-order valence-corrected chi connectivity index (χ4v) is 2.61. The lowest BCUT2D eigenvalue weighted by atomic mass is 10.2. The van der Waals surface area contributed by atoms with E-state index in [0.29, 0.717) is 0 Å². The minimum Gasteiger partial charge on any atom is -0.318 e. The van der Waals surface area contributed by atoms with Gasteiger partial charge in [-0.2, -0.15) is 5.10 Å². The van der Waals surface area contributed by atoms with Crippen molar-refractivity contribution in [3.05, 3.63) is 77.2 Å². The van der Waals surface area contributed by atoms with E-state index in [0.717, 1.165) is 17.1 Å². The summed E-state index contributed by atoms with van der Waals surface area (Å²) in [7, 11) is 0. The van der Waals surface area contributed by atoms with E-state index in [1.807, 2.05) is 24.4 Å². The van der Waals surface area contributed by atoms with Gasteiger partial charge in [0, 0.05) is 28.8 Å². The molecule has 0 aliphatic carbocycles. The zero-order chi connectivity index (χ0) is 16.2. The molecule has 4 nitrogen and oxygen atoms in total. The van der Waals surface area contributed by atoms with Crippen LogP contribution in [0.4, 0.5) is 5.82 Å². The highest BCUT2D eigenvalue weighted by molar-refractivity contribution is 5.82. The Kier molecular flexibility index (Phi) is 4.24. The fourth-order valence-electron chi connectivity index (χ4n) is 2.61. The molecule has 0 amide bonds. The Morgan fingerprint density at radius 1 is 1.04 bits per heavy atom.